The zero-order valence-electron chi connectivity index (χ0n) is 11.3. The predicted octanol–water partition coefficient (Wildman–Crippen LogP) is 1.38. The normalized spacial score (nSPS) is 16.3. The molecule has 1 aliphatic carbocycles. The lowest BCUT2D eigenvalue weighted by molar-refractivity contribution is -0.169. The molecule has 1 aliphatic rings. The number of aromatic nitrogens is 1. The van der Waals surface area contributed by atoms with Gasteiger partial charge < -0.3 is 9.64 Å². The fraction of sp³-hybridized carbons (Fsp3) is 0.500. The first-order valence-corrected chi connectivity index (χ1v) is 6.33. The maximum absolute atomic E-state index is 12.5. The predicted molar refractivity (Wildman–Crippen MR) is 69.0 cm³/mol. The second kappa shape index (κ2) is 5.38. The number of pyridine rings is 1. The van der Waals surface area contributed by atoms with E-state index in [-0.39, 0.29) is 5.91 Å². The van der Waals surface area contributed by atoms with Gasteiger partial charge in [-0.15, -0.1) is 0 Å². The highest BCUT2D eigenvalue weighted by molar-refractivity contribution is 6.03. The van der Waals surface area contributed by atoms with E-state index in [0.717, 1.165) is 12.0 Å². The average Bonchev–Trinajstić information content (AvgIpc) is 2.38. The van der Waals surface area contributed by atoms with Crippen molar-refractivity contribution in [3.8, 4) is 0 Å². The van der Waals surface area contributed by atoms with Crippen LogP contribution in [-0.4, -0.2) is 35.9 Å². The third kappa shape index (κ3) is 2.45. The van der Waals surface area contributed by atoms with Crippen LogP contribution in [-0.2, 0) is 20.9 Å². The summed E-state index contributed by atoms with van der Waals surface area (Å²) in [4.78, 5) is 29.8. The quantitative estimate of drug-likeness (QED) is 0.607. The lowest BCUT2D eigenvalue weighted by Crippen LogP contribution is -2.51. The van der Waals surface area contributed by atoms with E-state index in [1.165, 1.54) is 7.11 Å². The number of nitrogens with zero attached hydrogens (tertiary/aromatic N) is 2. The van der Waals surface area contributed by atoms with Crippen molar-refractivity contribution in [3.63, 3.8) is 0 Å². The summed E-state index contributed by atoms with van der Waals surface area (Å²) in [5, 5.41) is 0. The zero-order chi connectivity index (χ0) is 13.9. The Morgan fingerprint density at radius 3 is 2.47 bits per heavy atom. The molecule has 0 bridgehead atoms. The van der Waals surface area contributed by atoms with E-state index in [2.05, 4.69) is 4.98 Å². The van der Waals surface area contributed by atoms with Crippen molar-refractivity contribution in [3.05, 3.63) is 30.1 Å². The third-order valence-corrected chi connectivity index (χ3v) is 3.71. The van der Waals surface area contributed by atoms with Gasteiger partial charge in [-0.2, -0.15) is 0 Å². The SMILES string of the molecule is COC(=O)C1(C(=O)N(C)Cc2ccncc2)CCC1. The van der Waals surface area contributed by atoms with Crippen LogP contribution >= 0.6 is 0 Å². The van der Waals surface area contributed by atoms with Crippen LogP contribution in [0.25, 0.3) is 0 Å². The van der Waals surface area contributed by atoms with Gasteiger partial charge in [0.1, 0.15) is 5.41 Å². The van der Waals surface area contributed by atoms with Gasteiger partial charge in [-0.1, -0.05) is 6.42 Å². The van der Waals surface area contributed by atoms with Gasteiger partial charge in [0.15, 0.2) is 0 Å². The monoisotopic (exact) mass is 262 g/mol. The molecule has 0 N–H and O–H groups in total. The number of carbonyl (C=O) groups is 2. The molecular formula is C14H18N2O3. The van der Waals surface area contributed by atoms with Crippen LogP contribution in [0.2, 0.25) is 0 Å². The van der Waals surface area contributed by atoms with Crippen LogP contribution in [0.15, 0.2) is 24.5 Å². The molecule has 0 unspecified atom stereocenters. The molecule has 19 heavy (non-hydrogen) atoms. The molecule has 0 saturated heterocycles. The number of esters is 1. The lowest BCUT2D eigenvalue weighted by atomic mass is 9.67. The number of rotatable bonds is 4. The van der Waals surface area contributed by atoms with E-state index in [9.17, 15) is 9.59 Å². The summed E-state index contributed by atoms with van der Waals surface area (Å²) in [5.74, 6) is -0.562. The Hall–Kier alpha value is -1.91. The second-order valence-electron chi connectivity index (χ2n) is 4.94. The van der Waals surface area contributed by atoms with Crippen molar-refractivity contribution in [2.45, 2.75) is 25.8 Å². The standard InChI is InChI=1S/C14H18N2O3/c1-16(10-11-4-8-15-9-5-11)12(17)14(6-3-7-14)13(18)19-2/h4-5,8-9H,3,6-7,10H2,1-2H3. The molecule has 102 valence electrons. The fourth-order valence-corrected chi connectivity index (χ4v) is 2.43. The Morgan fingerprint density at radius 2 is 2.00 bits per heavy atom. The van der Waals surface area contributed by atoms with Crippen molar-refractivity contribution < 1.29 is 14.3 Å². The first-order valence-electron chi connectivity index (χ1n) is 6.33. The zero-order valence-corrected chi connectivity index (χ0v) is 11.3. The first-order chi connectivity index (χ1) is 9.10. The molecule has 1 saturated carbocycles. The van der Waals surface area contributed by atoms with Crippen LogP contribution in [0.1, 0.15) is 24.8 Å². The molecule has 0 aliphatic heterocycles. The van der Waals surface area contributed by atoms with Gasteiger partial charge in [-0.05, 0) is 30.5 Å². The van der Waals surface area contributed by atoms with E-state index >= 15 is 0 Å². The van der Waals surface area contributed by atoms with E-state index in [1.807, 2.05) is 12.1 Å². The van der Waals surface area contributed by atoms with Gasteiger partial charge in [-0.25, -0.2) is 0 Å². The maximum atomic E-state index is 12.5. The molecule has 0 atom stereocenters. The molecule has 1 aromatic heterocycles. The van der Waals surface area contributed by atoms with Crippen LogP contribution in [0.4, 0.5) is 0 Å². The average molecular weight is 262 g/mol. The Kier molecular flexibility index (Phi) is 3.83. The van der Waals surface area contributed by atoms with Crippen molar-refractivity contribution >= 4 is 11.9 Å². The first kappa shape index (κ1) is 13.5. The minimum absolute atomic E-state index is 0.151. The number of hydrogen-bond acceptors (Lipinski definition) is 4. The Bertz CT molecular complexity index is 469. The van der Waals surface area contributed by atoms with Crippen LogP contribution in [0, 0.1) is 5.41 Å². The molecule has 1 amide bonds. The van der Waals surface area contributed by atoms with Crippen LogP contribution in [0.3, 0.4) is 0 Å². The second-order valence-corrected chi connectivity index (χ2v) is 4.94. The highest BCUT2D eigenvalue weighted by atomic mass is 16.5. The lowest BCUT2D eigenvalue weighted by Gasteiger charge is -2.39. The Labute approximate surface area is 112 Å². The molecule has 0 aromatic carbocycles. The summed E-state index contributed by atoms with van der Waals surface area (Å²) < 4.78 is 4.78. The summed E-state index contributed by atoms with van der Waals surface area (Å²) in [6.07, 6.45) is 5.43. The Balaban J connectivity index is 2.08. The topological polar surface area (TPSA) is 59.5 Å². The number of methoxy groups -OCH3 is 1. The van der Waals surface area contributed by atoms with Gasteiger partial charge in [0.2, 0.25) is 5.91 Å². The molecular weight excluding hydrogens is 244 g/mol. The molecule has 2 rings (SSSR count). The van der Waals surface area contributed by atoms with Gasteiger partial charge in [0, 0.05) is 26.0 Å². The number of amides is 1. The summed E-state index contributed by atoms with van der Waals surface area (Å²) in [5.41, 5.74) is 0.0430. The van der Waals surface area contributed by atoms with Crippen molar-refractivity contribution in [2.24, 2.45) is 5.41 Å². The molecule has 1 fully saturated rings. The van der Waals surface area contributed by atoms with E-state index in [4.69, 9.17) is 4.74 Å². The fourth-order valence-electron chi connectivity index (χ4n) is 2.43. The molecule has 1 heterocycles. The number of hydrogen-bond donors (Lipinski definition) is 0. The van der Waals surface area contributed by atoms with Gasteiger partial charge in [0.05, 0.1) is 7.11 Å². The van der Waals surface area contributed by atoms with E-state index < -0.39 is 11.4 Å². The maximum Gasteiger partial charge on any atom is 0.321 e. The minimum atomic E-state index is -0.948. The summed E-state index contributed by atoms with van der Waals surface area (Å²) in [7, 11) is 3.05. The number of ether oxygens (including phenoxy) is 1. The summed E-state index contributed by atoms with van der Waals surface area (Å²) in [6.45, 7) is 0.472. The van der Waals surface area contributed by atoms with Gasteiger partial charge >= 0.3 is 5.97 Å². The number of carbonyl (C=O) groups excluding carboxylic acids is 2. The summed E-state index contributed by atoms with van der Waals surface area (Å²) >= 11 is 0. The minimum Gasteiger partial charge on any atom is -0.468 e. The van der Waals surface area contributed by atoms with Crippen LogP contribution < -0.4 is 0 Å². The molecule has 0 spiro atoms. The molecule has 5 nitrogen and oxygen atoms in total. The largest absolute Gasteiger partial charge is 0.468 e. The highest BCUT2D eigenvalue weighted by Crippen LogP contribution is 2.43. The summed E-state index contributed by atoms with van der Waals surface area (Å²) in [6, 6.07) is 3.71. The highest BCUT2D eigenvalue weighted by Gasteiger charge is 2.53. The van der Waals surface area contributed by atoms with Crippen molar-refractivity contribution in [1.82, 2.24) is 9.88 Å². The van der Waals surface area contributed by atoms with Crippen LogP contribution in [0.5, 0.6) is 0 Å². The van der Waals surface area contributed by atoms with E-state index in [1.54, 1.807) is 24.3 Å². The molecule has 1 aromatic rings. The smallest absolute Gasteiger partial charge is 0.321 e. The molecule has 0 radical (unpaired) electrons. The van der Waals surface area contributed by atoms with Crippen molar-refractivity contribution in [1.29, 1.82) is 0 Å². The van der Waals surface area contributed by atoms with Gasteiger partial charge in [-0.3, -0.25) is 14.6 Å². The molecule has 5 heteroatoms. The Morgan fingerprint density at radius 1 is 1.37 bits per heavy atom. The van der Waals surface area contributed by atoms with Gasteiger partial charge in [0.25, 0.3) is 0 Å². The van der Waals surface area contributed by atoms with Crippen molar-refractivity contribution in [2.75, 3.05) is 14.2 Å². The third-order valence-electron chi connectivity index (χ3n) is 3.71. The van der Waals surface area contributed by atoms with E-state index in [0.29, 0.717) is 19.4 Å².